The molecule has 0 spiro atoms. The van der Waals surface area contributed by atoms with Crippen molar-refractivity contribution in [2.75, 3.05) is 16.0 Å². The molecule has 216 valence electrons. The van der Waals surface area contributed by atoms with Crippen molar-refractivity contribution in [3.05, 3.63) is 102 Å². The minimum atomic E-state index is -1.30. The van der Waals surface area contributed by atoms with Gasteiger partial charge < -0.3 is 21.1 Å². The van der Waals surface area contributed by atoms with Gasteiger partial charge in [0.25, 0.3) is 11.8 Å². The van der Waals surface area contributed by atoms with Crippen molar-refractivity contribution in [1.82, 2.24) is 15.0 Å². The standard InChI is InChI=1S/C32H28N6O5/c1-19-15-23(8-9-25(19)37-31-34-14-11-26(38-31)21-6-4-13-33-18-21)35-28(40)20-5-3-7-22(16-20)36-29(41)24-17-32(2,30(42)43)12-10-27(24)39/h3-9,11,13-18H,10,12H2,1-2H3,(H,35,40)(H,36,41)(H,42,43)(H,34,37,38). The number of ketones is 1. The Morgan fingerprint density at radius 2 is 1.72 bits per heavy atom. The van der Waals surface area contributed by atoms with E-state index in [1.807, 2.05) is 25.1 Å². The number of hydrogen-bond acceptors (Lipinski definition) is 8. The molecule has 11 heteroatoms. The number of aliphatic carboxylic acids is 1. The lowest BCUT2D eigenvalue weighted by Gasteiger charge is -2.26. The van der Waals surface area contributed by atoms with Gasteiger partial charge in [-0.25, -0.2) is 9.97 Å². The number of benzene rings is 2. The largest absolute Gasteiger partial charge is 0.481 e. The summed E-state index contributed by atoms with van der Waals surface area (Å²) in [5.74, 6) is -2.24. The first kappa shape index (κ1) is 28.8. The smallest absolute Gasteiger partial charge is 0.313 e. The highest BCUT2D eigenvalue weighted by Gasteiger charge is 2.38. The maximum absolute atomic E-state index is 13.0. The molecule has 1 unspecified atom stereocenters. The topological polar surface area (TPSA) is 163 Å². The molecule has 0 radical (unpaired) electrons. The van der Waals surface area contributed by atoms with Crippen molar-refractivity contribution in [1.29, 1.82) is 0 Å². The molecule has 4 N–H and O–H groups in total. The number of carboxylic acid groups (broad SMARTS) is 1. The number of aryl methyl sites for hydroxylation is 1. The number of hydrogen-bond donors (Lipinski definition) is 4. The van der Waals surface area contributed by atoms with E-state index in [-0.39, 0.29) is 29.7 Å². The van der Waals surface area contributed by atoms with Crippen molar-refractivity contribution in [3.63, 3.8) is 0 Å². The van der Waals surface area contributed by atoms with Crippen molar-refractivity contribution in [2.24, 2.45) is 5.41 Å². The Kier molecular flexibility index (Phi) is 8.06. The van der Waals surface area contributed by atoms with Crippen LogP contribution in [0.2, 0.25) is 0 Å². The third kappa shape index (κ3) is 6.62. The molecule has 0 saturated heterocycles. The van der Waals surface area contributed by atoms with Crippen LogP contribution in [-0.4, -0.2) is 43.6 Å². The molecular weight excluding hydrogens is 548 g/mol. The third-order valence-corrected chi connectivity index (χ3v) is 7.09. The van der Waals surface area contributed by atoms with Gasteiger partial charge >= 0.3 is 5.97 Å². The fraction of sp³-hybridized carbons (Fsp3) is 0.156. The van der Waals surface area contributed by atoms with Crippen molar-refractivity contribution in [2.45, 2.75) is 26.7 Å². The van der Waals surface area contributed by atoms with Crippen LogP contribution in [0.25, 0.3) is 11.3 Å². The van der Waals surface area contributed by atoms with Gasteiger partial charge in [0, 0.05) is 53.2 Å². The Hall–Kier alpha value is -5.71. The van der Waals surface area contributed by atoms with Crippen LogP contribution < -0.4 is 16.0 Å². The van der Waals surface area contributed by atoms with Crippen LogP contribution in [0.4, 0.5) is 23.0 Å². The van der Waals surface area contributed by atoms with Crippen molar-refractivity contribution in [3.8, 4) is 11.3 Å². The van der Waals surface area contributed by atoms with E-state index >= 15 is 0 Å². The molecule has 0 bridgehead atoms. The summed E-state index contributed by atoms with van der Waals surface area (Å²) < 4.78 is 0. The highest BCUT2D eigenvalue weighted by Crippen LogP contribution is 2.33. The van der Waals surface area contributed by atoms with Crippen LogP contribution in [0.5, 0.6) is 0 Å². The summed E-state index contributed by atoms with van der Waals surface area (Å²) >= 11 is 0. The quantitative estimate of drug-likeness (QED) is 0.207. The van der Waals surface area contributed by atoms with Gasteiger partial charge in [-0.15, -0.1) is 0 Å². The molecule has 0 fully saturated rings. The molecule has 1 atom stereocenters. The van der Waals surface area contributed by atoms with E-state index in [1.54, 1.807) is 55.0 Å². The molecule has 0 aliphatic heterocycles. The predicted octanol–water partition coefficient (Wildman–Crippen LogP) is 5.16. The fourth-order valence-corrected chi connectivity index (χ4v) is 4.58. The van der Waals surface area contributed by atoms with E-state index in [2.05, 4.69) is 30.9 Å². The molecule has 11 nitrogen and oxygen atoms in total. The van der Waals surface area contributed by atoms with Gasteiger partial charge in [-0.05, 0) is 80.4 Å². The van der Waals surface area contributed by atoms with Crippen molar-refractivity contribution < 1.29 is 24.3 Å². The number of carboxylic acids is 1. The lowest BCUT2D eigenvalue weighted by atomic mass is 9.77. The van der Waals surface area contributed by atoms with Gasteiger partial charge in [-0.3, -0.25) is 24.2 Å². The van der Waals surface area contributed by atoms with Crippen LogP contribution in [0, 0.1) is 12.3 Å². The van der Waals surface area contributed by atoms with E-state index in [0.717, 1.165) is 22.5 Å². The molecule has 5 rings (SSSR count). The Bertz CT molecular complexity index is 1770. The van der Waals surface area contributed by atoms with Gasteiger partial charge in [0.1, 0.15) is 0 Å². The number of anilines is 4. The highest BCUT2D eigenvalue weighted by atomic mass is 16.4. The summed E-state index contributed by atoms with van der Waals surface area (Å²) in [6.07, 6.45) is 6.37. The number of pyridine rings is 1. The summed E-state index contributed by atoms with van der Waals surface area (Å²) in [5, 5.41) is 18.2. The first-order valence-corrected chi connectivity index (χ1v) is 13.4. The second-order valence-electron chi connectivity index (χ2n) is 10.4. The molecule has 2 aromatic carbocycles. The SMILES string of the molecule is Cc1cc(NC(=O)c2cccc(NC(=O)C3=CC(C)(C(=O)O)CCC3=O)c2)ccc1Nc1nccc(-c2cccnc2)n1. The molecule has 4 aromatic rings. The zero-order valence-electron chi connectivity index (χ0n) is 23.4. The Morgan fingerprint density at radius 1 is 0.930 bits per heavy atom. The van der Waals surface area contributed by atoms with Gasteiger partial charge in [0.15, 0.2) is 5.78 Å². The van der Waals surface area contributed by atoms with Gasteiger partial charge in [-0.1, -0.05) is 12.1 Å². The van der Waals surface area contributed by atoms with E-state index in [4.69, 9.17) is 0 Å². The minimum Gasteiger partial charge on any atom is -0.481 e. The molecule has 0 saturated carbocycles. The second-order valence-corrected chi connectivity index (χ2v) is 10.4. The van der Waals surface area contributed by atoms with Crippen molar-refractivity contribution >= 4 is 46.6 Å². The number of rotatable bonds is 8. The van der Waals surface area contributed by atoms with Crippen LogP contribution in [0.1, 0.15) is 35.7 Å². The van der Waals surface area contributed by atoms with E-state index in [1.165, 1.54) is 19.1 Å². The van der Waals surface area contributed by atoms with Crippen LogP contribution in [0.15, 0.2) is 90.9 Å². The molecule has 2 amide bonds. The van der Waals surface area contributed by atoms with Crippen LogP contribution >= 0.6 is 0 Å². The average molecular weight is 577 g/mol. The Morgan fingerprint density at radius 3 is 2.47 bits per heavy atom. The number of nitrogens with one attached hydrogen (secondary N) is 3. The zero-order chi connectivity index (χ0) is 30.6. The molecular formula is C32H28N6O5. The maximum atomic E-state index is 13.0. The summed E-state index contributed by atoms with van der Waals surface area (Å²) in [6, 6.07) is 17.1. The lowest BCUT2D eigenvalue weighted by molar-refractivity contribution is -0.146. The summed E-state index contributed by atoms with van der Waals surface area (Å²) in [6.45, 7) is 3.36. The predicted molar refractivity (Wildman–Crippen MR) is 161 cm³/mol. The van der Waals surface area contributed by atoms with Gasteiger partial charge in [0.2, 0.25) is 5.95 Å². The summed E-state index contributed by atoms with van der Waals surface area (Å²) in [5.41, 5.74) is 2.81. The molecule has 2 heterocycles. The third-order valence-electron chi connectivity index (χ3n) is 7.09. The summed E-state index contributed by atoms with van der Waals surface area (Å²) in [4.78, 5) is 62.8. The average Bonchev–Trinajstić information content (AvgIpc) is 3.00. The maximum Gasteiger partial charge on any atom is 0.313 e. The molecule has 1 aliphatic carbocycles. The number of aromatic nitrogens is 3. The minimum absolute atomic E-state index is 0.0387. The fourth-order valence-electron chi connectivity index (χ4n) is 4.58. The van der Waals surface area contributed by atoms with E-state index < -0.39 is 29.0 Å². The van der Waals surface area contributed by atoms with Crippen LogP contribution in [-0.2, 0) is 14.4 Å². The Labute approximate surface area is 247 Å². The zero-order valence-corrected chi connectivity index (χ0v) is 23.4. The van der Waals surface area contributed by atoms with E-state index in [0.29, 0.717) is 11.6 Å². The number of carbonyl (C=O) groups excluding carboxylic acids is 3. The van der Waals surface area contributed by atoms with Gasteiger partial charge in [-0.2, -0.15) is 0 Å². The van der Waals surface area contributed by atoms with Crippen LogP contribution in [0.3, 0.4) is 0 Å². The molecule has 1 aliphatic rings. The molecule has 2 aromatic heterocycles. The summed E-state index contributed by atoms with van der Waals surface area (Å²) in [7, 11) is 0. The first-order valence-electron chi connectivity index (χ1n) is 13.4. The second kappa shape index (κ2) is 12.0. The lowest BCUT2D eigenvalue weighted by Crippen LogP contribution is -2.34. The molecule has 43 heavy (non-hydrogen) atoms. The monoisotopic (exact) mass is 576 g/mol. The highest BCUT2D eigenvalue weighted by molar-refractivity contribution is 6.24. The number of nitrogens with zero attached hydrogens (tertiary/aromatic N) is 3. The number of carbonyl (C=O) groups is 4. The first-order chi connectivity index (χ1) is 20.6. The number of amides is 2. The normalized spacial score (nSPS) is 16.1. The Balaban J connectivity index is 1.25. The van der Waals surface area contributed by atoms with Gasteiger partial charge in [0.05, 0.1) is 16.7 Å². The number of Topliss-reactive ketones (excluding diaryl/α,β-unsaturated/α-hetero) is 1. The van der Waals surface area contributed by atoms with E-state index in [9.17, 15) is 24.3 Å².